The fourth-order valence-corrected chi connectivity index (χ4v) is 7.37. The van der Waals surface area contributed by atoms with E-state index >= 15 is 0 Å². The molecule has 0 aromatic heterocycles. The molecule has 0 aliphatic heterocycles. The SMILES string of the molecule is CO[Si](C1=CC=CC1)(C1=CC=CC1)C1=CC=CC1.[LiH]. The summed E-state index contributed by atoms with van der Waals surface area (Å²) in [4.78, 5) is 0. The van der Waals surface area contributed by atoms with Crippen molar-refractivity contribution in [1.29, 1.82) is 0 Å². The van der Waals surface area contributed by atoms with Crippen LogP contribution >= 0.6 is 0 Å². The van der Waals surface area contributed by atoms with E-state index in [0.717, 1.165) is 19.3 Å². The molecule has 0 saturated carbocycles. The Hall–Kier alpha value is -0.786. The van der Waals surface area contributed by atoms with Crippen LogP contribution < -0.4 is 0 Å². The number of allylic oxidation sites excluding steroid dienone is 12. The Morgan fingerprint density at radius 3 is 1.37 bits per heavy atom. The molecular formula is C16H19LiOSi. The summed E-state index contributed by atoms with van der Waals surface area (Å²) >= 11 is 0. The third kappa shape index (κ3) is 2.35. The molecule has 3 aliphatic carbocycles. The summed E-state index contributed by atoms with van der Waals surface area (Å²) in [6.45, 7) is 0. The normalized spacial score (nSPS) is 20.4. The zero-order valence-corrected chi connectivity index (χ0v) is 11.7. The van der Waals surface area contributed by atoms with E-state index in [2.05, 4.69) is 54.7 Å². The zero-order valence-electron chi connectivity index (χ0n) is 10.7. The summed E-state index contributed by atoms with van der Waals surface area (Å²) in [5.41, 5.74) is 0. The van der Waals surface area contributed by atoms with Crippen LogP contribution in [0.2, 0.25) is 0 Å². The minimum atomic E-state index is -2.07. The Morgan fingerprint density at radius 1 is 0.789 bits per heavy atom. The first-order valence-electron chi connectivity index (χ1n) is 6.51. The molecule has 0 N–H and O–H groups in total. The van der Waals surface area contributed by atoms with Crippen LogP contribution in [0.5, 0.6) is 0 Å². The van der Waals surface area contributed by atoms with Crippen molar-refractivity contribution in [2.45, 2.75) is 19.3 Å². The molecule has 19 heavy (non-hydrogen) atoms. The summed E-state index contributed by atoms with van der Waals surface area (Å²) in [6.07, 6.45) is 23.2. The summed E-state index contributed by atoms with van der Waals surface area (Å²) in [7, 11) is -0.182. The quantitative estimate of drug-likeness (QED) is 0.707. The second-order valence-corrected chi connectivity index (χ2v) is 8.56. The van der Waals surface area contributed by atoms with Crippen LogP contribution in [0.4, 0.5) is 0 Å². The van der Waals surface area contributed by atoms with Gasteiger partial charge >= 0.3 is 18.9 Å². The first-order chi connectivity index (χ1) is 8.88. The number of hydrogen-bond donors (Lipinski definition) is 0. The van der Waals surface area contributed by atoms with Crippen molar-refractivity contribution >= 4 is 27.2 Å². The predicted molar refractivity (Wildman–Crippen MR) is 85.4 cm³/mol. The second kappa shape index (κ2) is 6.11. The third-order valence-electron chi connectivity index (χ3n) is 3.98. The van der Waals surface area contributed by atoms with Gasteiger partial charge in [0, 0.05) is 7.11 Å². The number of rotatable bonds is 4. The molecule has 3 aliphatic rings. The van der Waals surface area contributed by atoms with E-state index in [9.17, 15) is 0 Å². The Kier molecular flexibility index (Phi) is 4.70. The molecule has 0 aromatic carbocycles. The molecule has 94 valence electrons. The van der Waals surface area contributed by atoms with Crippen LogP contribution in [0.1, 0.15) is 19.3 Å². The Bertz CT molecular complexity index is 461. The molecule has 3 rings (SSSR count). The van der Waals surface area contributed by atoms with Crippen molar-refractivity contribution in [3.63, 3.8) is 0 Å². The molecule has 3 heteroatoms. The van der Waals surface area contributed by atoms with Crippen LogP contribution in [0.25, 0.3) is 0 Å². The van der Waals surface area contributed by atoms with Gasteiger partial charge in [-0.15, -0.1) is 0 Å². The third-order valence-corrected chi connectivity index (χ3v) is 8.41. The molecule has 0 radical (unpaired) electrons. The maximum atomic E-state index is 6.20. The topological polar surface area (TPSA) is 9.23 Å². The van der Waals surface area contributed by atoms with Crippen LogP contribution in [-0.2, 0) is 4.43 Å². The van der Waals surface area contributed by atoms with Gasteiger partial charge in [-0.2, -0.15) is 0 Å². The molecule has 0 fully saturated rings. The molecule has 0 spiro atoms. The maximum absolute atomic E-state index is 6.20. The van der Waals surface area contributed by atoms with Gasteiger partial charge in [0.1, 0.15) is 0 Å². The molecule has 0 unspecified atom stereocenters. The molecule has 0 atom stereocenters. The molecule has 1 nitrogen and oxygen atoms in total. The molecular weight excluding hydrogens is 243 g/mol. The Labute approximate surface area is 128 Å². The van der Waals surface area contributed by atoms with Gasteiger partial charge in [-0.3, -0.25) is 0 Å². The van der Waals surface area contributed by atoms with Gasteiger partial charge in [0.05, 0.1) is 0 Å². The van der Waals surface area contributed by atoms with E-state index in [1.54, 1.807) is 0 Å². The molecule has 0 bridgehead atoms. The molecule has 0 saturated heterocycles. The molecule has 0 heterocycles. The van der Waals surface area contributed by atoms with E-state index in [0.29, 0.717) is 0 Å². The summed E-state index contributed by atoms with van der Waals surface area (Å²) in [5, 5.41) is 4.49. The van der Waals surface area contributed by atoms with E-state index < -0.39 is 8.32 Å². The zero-order chi connectivity index (χ0) is 12.4. The Balaban J connectivity index is 0.00000133. The number of hydrogen-bond acceptors (Lipinski definition) is 1. The van der Waals surface area contributed by atoms with E-state index in [1.807, 2.05) is 7.11 Å². The first kappa shape index (κ1) is 14.6. The van der Waals surface area contributed by atoms with E-state index in [4.69, 9.17) is 4.43 Å². The van der Waals surface area contributed by atoms with Gasteiger partial charge in [0.2, 0.25) is 0 Å². The standard InChI is InChI=1S/C16H18OSi.Li.H/c1-17-18(14-8-2-3-9-14,15-10-4-5-11-15)16-12-6-7-13-16;;/h2-8,10,12H,9,11,13H2,1H3;;. The van der Waals surface area contributed by atoms with Crippen LogP contribution in [0.15, 0.2) is 70.3 Å². The van der Waals surface area contributed by atoms with Crippen molar-refractivity contribution < 1.29 is 4.43 Å². The van der Waals surface area contributed by atoms with Gasteiger partial charge in [0.25, 0.3) is 8.32 Å². The van der Waals surface area contributed by atoms with E-state index in [1.165, 1.54) is 15.6 Å². The molecule has 0 aromatic rings. The minimum absolute atomic E-state index is 0. The Morgan fingerprint density at radius 2 is 1.16 bits per heavy atom. The van der Waals surface area contributed by atoms with Gasteiger partial charge in [-0.25, -0.2) is 0 Å². The fraction of sp³-hybridized carbons (Fsp3) is 0.250. The first-order valence-corrected chi connectivity index (χ1v) is 8.42. The van der Waals surface area contributed by atoms with Gasteiger partial charge in [0.15, 0.2) is 0 Å². The summed E-state index contributed by atoms with van der Waals surface area (Å²) < 4.78 is 6.20. The van der Waals surface area contributed by atoms with Crippen LogP contribution in [-0.4, -0.2) is 34.3 Å². The average Bonchev–Trinajstić information content (AvgIpc) is 3.16. The van der Waals surface area contributed by atoms with Crippen molar-refractivity contribution in [3.8, 4) is 0 Å². The van der Waals surface area contributed by atoms with E-state index in [-0.39, 0.29) is 18.9 Å². The van der Waals surface area contributed by atoms with Gasteiger partial charge in [-0.05, 0) is 34.9 Å². The average molecular weight is 262 g/mol. The van der Waals surface area contributed by atoms with Crippen molar-refractivity contribution in [3.05, 3.63) is 70.3 Å². The van der Waals surface area contributed by atoms with Gasteiger partial charge < -0.3 is 4.43 Å². The van der Waals surface area contributed by atoms with Crippen molar-refractivity contribution in [2.75, 3.05) is 7.11 Å². The van der Waals surface area contributed by atoms with Crippen molar-refractivity contribution in [2.24, 2.45) is 0 Å². The summed E-state index contributed by atoms with van der Waals surface area (Å²) in [5.74, 6) is 0. The van der Waals surface area contributed by atoms with Crippen molar-refractivity contribution in [1.82, 2.24) is 0 Å². The van der Waals surface area contributed by atoms with Crippen LogP contribution in [0.3, 0.4) is 0 Å². The predicted octanol–water partition coefficient (Wildman–Crippen LogP) is 3.21. The fourth-order valence-electron chi connectivity index (χ4n) is 3.14. The molecule has 0 amide bonds. The second-order valence-electron chi connectivity index (χ2n) is 4.86. The van der Waals surface area contributed by atoms with Crippen LogP contribution in [0, 0.1) is 0 Å². The summed E-state index contributed by atoms with van der Waals surface area (Å²) in [6, 6.07) is 0. The van der Waals surface area contributed by atoms with Gasteiger partial charge in [-0.1, -0.05) is 54.7 Å². The monoisotopic (exact) mass is 262 g/mol.